The number of nitrogens with zero attached hydrogens (tertiary/aromatic N) is 2. The first-order valence-corrected chi connectivity index (χ1v) is 7.10. The summed E-state index contributed by atoms with van der Waals surface area (Å²) < 4.78 is 5.52. The number of ether oxygens (including phenoxy) is 1. The Hall–Kier alpha value is -1.59. The van der Waals surface area contributed by atoms with Gasteiger partial charge in [0.05, 0.1) is 19.1 Å². The van der Waals surface area contributed by atoms with Crippen LogP contribution in [0.1, 0.15) is 24.8 Å². The molecule has 0 spiro atoms. The topological polar surface area (TPSA) is 71.1 Å². The molecule has 0 aliphatic carbocycles. The molecule has 1 aliphatic heterocycles. The highest BCUT2D eigenvalue weighted by Crippen LogP contribution is 2.21. The third-order valence-corrected chi connectivity index (χ3v) is 3.91. The predicted octanol–water partition coefficient (Wildman–Crippen LogP) is 1.63. The molecule has 0 bridgehead atoms. The molecule has 2 unspecified atom stereocenters. The molecule has 5 heteroatoms. The molecule has 1 aliphatic rings. The monoisotopic (exact) mass is 277 g/mol. The van der Waals surface area contributed by atoms with Gasteiger partial charge in [-0.3, -0.25) is 4.90 Å². The van der Waals surface area contributed by atoms with E-state index < -0.39 is 0 Å². The van der Waals surface area contributed by atoms with Crippen molar-refractivity contribution in [2.24, 2.45) is 10.9 Å². The highest BCUT2D eigenvalue weighted by atomic mass is 16.5. The SMILES string of the molecule is CCC1COCCN1CC(C(N)=NO)c1ccccc1. The lowest BCUT2D eigenvalue weighted by molar-refractivity contribution is -0.00907. The van der Waals surface area contributed by atoms with Crippen LogP contribution in [0.5, 0.6) is 0 Å². The summed E-state index contributed by atoms with van der Waals surface area (Å²) in [6, 6.07) is 10.4. The normalized spacial score (nSPS) is 22.6. The van der Waals surface area contributed by atoms with E-state index in [0.29, 0.717) is 6.04 Å². The highest BCUT2D eigenvalue weighted by Gasteiger charge is 2.26. The van der Waals surface area contributed by atoms with E-state index >= 15 is 0 Å². The summed E-state index contributed by atoms with van der Waals surface area (Å²) in [5.41, 5.74) is 6.97. The Kier molecular flexibility index (Phi) is 5.38. The van der Waals surface area contributed by atoms with Gasteiger partial charge in [0.25, 0.3) is 0 Å². The third-order valence-electron chi connectivity index (χ3n) is 3.91. The molecule has 1 aromatic rings. The van der Waals surface area contributed by atoms with Gasteiger partial charge in [-0.05, 0) is 12.0 Å². The van der Waals surface area contributed by atoms with Crippen molar-refractivity contribution >= 4 is 5.84 Å². The number of rotatable bonds is 5. The quantitative estimate of drug-likeness (QED) is 0.371. The van der Waals surface area contributed by atoms with Crippen LogP contribution in [0.4, 0.5) is 0 Å². The van der Waals surface area contributed by atoms with Crippen LogP contribution in [0.25, 0.3) is 0 Å². The maximum absolute atomic E-state index is 9.04. The number of hydrogen-bond acceptors (Lipinski definition) is 4. The summed E-state index contributed by atoms with van der Waals surface area (Å²) >= 11 is 0. The first-order chi connectivity index (χ1) is 9.76. The van der Waals surface area contributed by atoms with E-state index in [-0.39, 0.29) is 11.8 Å². The first kappa shape index (κ1) is 14.8. The zero-order chi connectivity index (χ0) is 14.4. The largest absolute Gasteiger partial charge is 0.409 e. The lowest BCUT2D eigenvalue weighted by Gasteiger charge is -2.37. The molecule has 2 atom stereocenters. The standard InChI is InChI=1S/C15H23N3O2/c1-2-13-11-20-9-8-18(13)10-14(15(16)17-19)12-6-4-3-5-7-12/h3-7,13-14,19H,2,8-11H2,1H3,(H2,16,17). The second-order valence-electron chi connectivity index (χ2n) is 5.12. The number of oxime groups is 1. The van der Waals surface area contributed by atoms with E-state index in [9.17, 15) is 0 Å². The van der Waals surface area contributed by atoms with Gasteiger partial charge in [0.1, 0.15) is 5.84 Å². The number of benzene rings is 1. The summed E-state index contributed by atoms with van der Waals surface area (Å²) in [6.45, 7) is 5.30. The lowest BCUT2D eigenvalue weighted by atomic mass is 9.96. The van der Waals surface area contributed by atoms with Crippen LogP contribution in [-0.2, 0) is 4.74 Å². The minimum absolute atomic E-state index is 0.0895. The van der Waals surface area contributed by atoms with Gasteiger partial charge in [-0.25, -0.2) is 0 Å². The van der Waals surface area contributed by atoms with Gasteiger partial charge in [0.15, 0.2) is 0 Å². The molecular weight excluding hydrogens is 254 g/mol. The fraction of sp³-hybridized carbons (Fsp3) is 0.533. The first-order valence-electron chi connectivity index (χ1n) is 7.10. The second kappa shape index (κ2) is 7.26. The number of hydrogen-bond donors (Lipinski definition) is 2. The molecule has 1 saturated heterocycles. The Bertz CT molecular complexity index is 436. The molecular formula is C15H23N3O2. The summed E-state index contributed by atoms with van der Waals surface area (Å²) in [6.07, 6.45) is 1.04. The van der Waals surface area contributed by atoms with Gasteiger partial charge in [-0.1, -0.05) is 42.4 Å². The van der Waals surface area contributed by atoms with E-state index in [1.54, 1.807) is 0 Å². The summed E-state index contributed by atoms with van der Waals surface area (Å²) in [5, 5.41) is 12.3. The molecule has 110 valence electrons. The molecule has 1 heterocycles. The van der Waals surface area contributed by atoms with Crippen LogP contribution in [0.15, 0.2) is 35.5 Å². The van der Waals surface area contributed by atoms with Crippen molar-refractivity contribution in [3.63, 3.8) is 0 Å². The zero-order valence-electron chi connectivity index (χ0n) is 11.9. The Morgan fingerprint density at radius 2 is 2.25 bits per heavy atom. The van der Waals surface area contributed by atoms with E-state index in [2.05, 4.69) is 17.0 Å². The van der Waals surface area contributed by atoms with Crippen molar-refractivity contribution in [2.75, 3.05) is 26.3 Å². The third kappa shape index (κ3) is 3.49. The molecule has 5 nitrogen and oxygen atoms in total. The second-order valence-corrected chi connectivity index (χ2v) is 5.12. The van der Waals surface area contributed by atoms with Crippen LogP contribution in [0.2, 0.25) is 0 Å². The van der Waals surface area contributed by atoms with Gasteiger partial charge in [0, 0.05) is 19.1 Å². The van der Waals surface area contributed by atoms with Crippen molar-refractivity contribution < 1.29 is 9.94 Å². The van der Waals surface area contributed by atoms with Gasteiger partial charge in [-0.15, -0.1) is 0 Å². The summed E-state index contributed by atoms with van der Waals surface area (Å²) in [4.78, 5) is 2.37. The number of morpholine rings is 1. The average molecular weight is 277 g/mol. The summed E-state index contributed by atoms with van der Waals surface area (Å²) in [5.74, 6) is 0.172. The average Bonchev–Trinajstić information content (AvgIpc) is 2.53. The van der Waals surface area contributed by atoms with Crippen LogP contribution in [0, 0.1) is 0 Å². The minimum Gasteiger partial charge on any atom is -0.409 e. The number of amidine groups is 1. The van der Waals surface area contributed by atoms with E-state index in [0.717, 1.165) is 38.3 Å². The Morgan fingerprint density at radius 3 is 2.90 bits per heavy atom. The van der Waals surface area contributed by atoms with E-state index in [1.807, 2.05) is 30.3 Å². The van der Waals surface area contributed by atoms with Crippen LogP contribution < -0.4 is 5.73 Å². The molecule has 1 aromatic carbocycles. The lowest BCUT2D eigenvalue weighted by Crippen LogP contribution is -2.48. The molecule has 0 saturated carbocycles. The molecule has 20 heavy (non-hydrogen) atoms. The predicted molar refractivity (Wildman–Crippen MR) is 79.1 cm³/mol. The van der Waals surface area contributed by atoms with Crippen LogP contribution in [0.3, 0.4) is 0 Å². The Labute approximate surface area is 120 Å². The van der Waals surface area contributed by atoms with Crippen LogP contribution in [-0.4, -0.2) is 48.3 Å². The van der Waals surface area contributed by atoms with Crippen molar-refractivity contribution in [2.45, 2.75) is 25.3 Å². The van der Waals surface area contributed by atoms with Gasteiger partial charge in [0.2, 0.25) is 0 Å². The molecule has 0 radical (unpaired) electrons. The van der Waals surface area contributed by atoms with Crippen molar-refractivity contribution in [1.29, 1.82) is 0 Å². The van der Waals surface area contributed by atoms with Gasteiger partial charge < -0.3 is 15.7 Å². The van der Waals surface area contributed by atoms with Gasteiger partial charge >= 0.3 is 0 Å². The fourth-order valence-electron chi connectivity index (χ4n) is 2.66. The van der Waals surface area contributed by atoms with Crippen molar-refractivity contribution in [3.8, 4) is 0 Å². The molecule has 3 N–H and O–H groups in total. The zero-order valence-corrected chi connectivity index (χ0v) is 11.9. The highest BCUT2D eigenvalue weighted by molar-refractivity contribution is 5.87. The van der Waals surface area contributed by atoms with E-state index in [1.165, 1.54) is 0 Å². The Balaban J connectivity index is 2.16. The maximum Gasteiger partial charge on any atom is 0.147 e. The Morgan fingerprint density at radius 1 is 1.50 bits per heavy atom. The summed E-state index contributed by atoms with van der Waals surface area (Å²) in [7, 11) is 0. The number of nitrogens with two attached hydrogens (primary N) is 1. The molecule has 1 fully saturated rings. The molecule has 0 aromatic heterocycles. The molecule has 0 amide bonds. The minimum atomic E-state index is -0.0895. The van der Waals surface area contributed by atoms with E-state index in [4.69, 9.17) is 15.7 Å². The van der Waals surface area contributed by atoms with Gasteiger partial charge in [-0.2, -0.15) is 0 Å². The molecule has 2 rings (SSSR count). The maximum atomic E-state index is 9.04. The van der Waals surface area contributed by atoms with Crippen molar-refractivity contribution in [1.82, 2.24) is 4.90 Å². The fourth-order valence-corrected chi connectivity index (χ4v) is 2.66. The smallest absolute Gasteiger partial charge is 0.147 e. The van der Waals surface area contributed by atoms with Crippen LogP contribution >= 0.6 is 0 Å². The van der Waals surface area contributed by atoms with Crippen molar-refractivity contribution in [3.05, 3.63) is 35.9 Å².